The maximum Gasteiger partial charge on any atom is 0.246 e. The number of para-hydroxylation sites is 1. The van der Waals surface area contributed by atoms with Crippen molar-refractivity contribution in [2.75, 3.05) is 32.6 Å². The number of carbonyl (C=O) groups is 1. The second kappa shape index (κ2) is 10.8. The van der Waals surface area contributed by atoms with Gasteiger partial charge in [0.1, 0.15) is 27.9 Å². The van der Waals surface area contributed by atoms with E-state index in [0.717, 1.165) is 5.75 Å². The first-order valence-electron chi connectivity index (χ1n) is 11.3. The molecule has 1 aliphatic heterocycles. The van der Waals surface area contributed by atoms with E-state index in [0.29, 0.717) is 36.6 Å². The monoisotopic (exact) mass is 496 g/mol. The number of nitrogens with zero attached hydrogens (tertiary/aromatic N) is 1. The molecular formula is C26H28N2O6S. The maximum atomic E-state index is 13.4. The number of amides is 1. The fraction of sp³-hybridized carbons (Fsp3) is 0.269. The van der Waals surface area contributed by atoms with Crippen molar-refractivity contribution >= 4 is 21.6 Å². The molecule has 35 heavy (non-hydrogen) atoms. The van der Waals surface area contributed by atoms with Gasteiger partial charge >= 0.3 is 0 Å². The van der Waals surface area contributed by atoms with E-state index in [-0.39, 0.29) is 23.1 Å². The molecule has 1 amide bonds. The van der Waals surface area contributed by atoms with Gasteiger partial charge in [-0.2, -0.15) is 4.31 Å². The molecule has 9 heteroatoms. The van der Waals surface area contributed by atoms with Crippen LogP contribution in [0.2, 0.25) is 0 Å². The van der Waals surface area contributed by atoms with Crippen LogP contribution in [0.3, 0.4) is 0 Å². The summed E-state index contributed by atoms with van der Waals surface area (Å²) in [6.07, 6.45) is 1.18. The zero-order chi connectivity index (χ0) is 24.8. The molecule has 0 aliphatic carbocycles. The Bertz CT molecular complexity index is 1260. The third kappa shape index (κ3) is 5.75. The Labute approximate surface area is 205 Å². The number of methoxy groups -OCH3 is 2. The molecule has 4 rings (SSSR count). The maximum absolute atomic E-state index is 13.4. The van der Waals surface area contributed by atoms with Gasteiger partial charge in [0.25, 0.3) is 0 Å². The Kier molecular flexibility index (Phi) is 7.57. The number of ether oxygens (including phenoxy) is 3. The normalized spacial score (nSPS) is 16.3. The van der Waals surface area contributed by atoms with Crippen LogP contribution in [0.5, 0.6) is 23.0 Å². The first-order valence-corrected chi connectivity index (χ1v) is 12.7. The summed E-state index contributed by atoms with van der Waals surface area (Å²) in [5, 5.41) is 2.89. The van der Waals surface area contributed by atoms with Crippen molar-refractivity contribution in [1.82, 2.24) is 4.31 Å². The number of hydrogen-bond acceptors (Lipinski definition) is 6. The Morgan fingerprint density at radius 2 is 1.60 bits per heavy atom. The zero-order valence-electron chi connectivity index (χ0n) is 19.6. The largest absolute Gasteiger partial charge is 0.497 e. The first kappa shape index (κ1) is 24.6. The summed E-state index contributed by atoms with van der Waals surface area (Å²) in [4.78, 5) is 13.0. The number of carbonyl (C=O) groups excluding carboxylic acids is 1. The van der Waals surface area contributed by atoms with Crippen molar-refractivity contribution in [1.29, 1.82) is 0 Å². The minimum atomic E-state index is -3.88. The summed E-state index contributed by atoms with van der Waals surface area (Å²) in [5.41, 5.74) is 0.616. The minimum Gasteiger partial charge on any atom is -0.497 e. The van der Waals surface area contributed by atoms with Gasteiger partial charge in [-0.3, -0.25) is 4.79 Å². The highest BCUT2D eigenvalue weighted by Crippen LogP contribution is 2.33. The number of hydrogen-bond donors (Lipinski definition) is 1. The van der Waals surface area contributed by atoms with Gasteiger partial charge in [-0.05, 0) is 61.4 Å². The van der Waals surface area contributed by atoms with Crippen LogP contribution in [0.4, 0.5) is 5.69 Å². The molecule has 1 fully saturated rings. The summed E-state index contributed by atoms with van der Waals surface area (Å²) >= 11 is 0. The van der Waals surface area contributed by atoms with Crippen LogP contribution in [0, 0.1) is 5.92 Å². The van der Waals surface area contributed by atoms with Crippen LogP contribution in [0.15, 0.2) is 77.7 Å². The number of rotatable bonds is 8. The van der Waals surface area contributed by atoms with Gasteiger partial charge in [0, 0.05) is 24.8 Å². The van der Waals surface area contributed by atoms with Crippen molar-refractivity contribution in [3.05, 3.63) is 72.8 Å². The Balaban J connectivity index is 1.43. The molecule has 0 aromatic heterocycles. The number of sulfonamides is 1. The van der Waals surface area contributed by atoms with Crippen LogP contribution in [0.25, 0.3) is 0 Å². The Morgan fingerprint density at radius 1 is 0.914 bits per heavy atom. The minimum absolute atomic E-state index is 0.0226. The molecule has 3 aromatic carbocycles. The van der Waals surface area contributed by atoms with Gasteiger partial charge in [-0.15, -0.1) is 0 Å². The molecule has 1 N–H and O–H groups in total. The van der Waals surface area contributed by atoms with E-state index in [1.807, 2.05) is 30.3 Å². The van der Waals surface area contributed by atoms with E-state index in [9.17, 15) is 13.2 Å². The van der Waals surface area contributed by atoms with E-state index in [1.165, 1.54) is 24.6 Å². The number of piperidine rings is 1. The van der Waals surface area contributed by atoms with Crippen LogP contribution < -0.4 is 19.5 Å². The second-order valence-corrected chi connectivity index (χ2v) is 10.1. The molecular weight excluding hydrogens is 468 g/mol. The molecule has 1 atom stereocenters. The lowest BCUT2D eigenvalue weighted by Crippen LogP contribution is -2.43. The number of anilines is 1. The summed E-state index contributed by atoms with van der Waals surface area (Å²) in [5.74, 6) is 1.32. The van der Waals surface area contributed by atoms with Gasteiger partial charge in [0.2, 0.25) is 15.9 Å². The first-order chi connectivity index (χ1) is 16.9. The second-order valence-electron chi connectivity index (χ2n) is 8.15. The molecule has 0 bridgehead atoms. The van der Waals surface area contributed by atoms with Crippen LogP contribution in [-0.2, 0) is 14.8 Å². The predicted molar refractivity (Wildman–Crippen MR) is 133 cm³/mol. The average molecular weight is 497 g/mol. The molecule has 0 saturated carbocycles. The highest BCUT2D eigenvalue weighted by atomic mass is 32.2. The molecule has 184 valence electrons. The Morgan fingerprint density at radius 3 is 2.29 bits per heavy atom. The van der Waals surface area contributed by atoms with Gasteiger partial charge in [-0.25, -0.2) is 8.42 Å². The zero-order valence-corrected chi connectivity index (χ0v) is 20.5. The summed E-state index contributed by atoms with van der Waals surface area (Å²) in [7, 11) is -0.988. The van der Waals surface area contributed by atoms with Crippen LogP contribution in [0.1, 0.15) is 12.8 Å². The topological polar surface area (TPSA) is 94.2 Å². The SMILES string of the molecule is COc1ccc(OC)c(S(=O)(=O)N2CCC[C@H](C(=O)Nc3ccc(Oc4ccccc4)cc3)C2)c1. The van der Waals surface area contributed by atoms with Crippen LogP contribution >= 0.6 is 0 Å². The smallest absolute Gasteiger partial charge is 0.246 e. The van der Waals surface area contributed by atoms with Crippen molar-refractivity contribution in [3.8, 4) is 23.0 Å². The molecule has 0 spiro atoms. The van der Waals surface area contributed by atoms with Gasteiger partial charge in [0.15, 0.2) is 0 Å². The van der Waals surface area contributed by atoms with Crippen molar-refractivity contribution in [2.45, 2.75) is 17.7 Å². The standard InChI is InChI=1S/C26H28N2O6S/c1-32-23-14-15-24(33-2)25(17-23)35(30,31)28-16-6-7-19(18-28)26(29)27-20-10-12-22(13-11-20)34-21-8-4-3-5-9-21/h3-5,8-15,17,19H,6-7,16,18H2,1-2H3,(H,27,29)/t19-/m0/s1. The number of benzene rings is 3. The molecule has 1 saturated heterocycles. The average Bonchev–Trinajstić information content (AvgIpc) is 2.90. The highest BCUT2D eigenvalue weighted by Gasteiger charge is 2.35. The highest BCUT2D eigenvalue weighted by molar-refractivity contribution is 7.89. The molecule has 1 heterocycles. The van der Waals surface area contributed by atoms with E-state index in [4.69, 9.17) is 14.2 Å². The third-order valence-electron chi connectivity index (χ3n) is 5.84. The summed E-state index contributed by atoms with van der Waals surface area (Å²) in [6, 6.07) is 21.1. The van der Waals surface area contributed by atoms with Gasteiger partial charge in [0.05, 0.1) is 20.1 Å². The lowest BCUT2D eigenvalue weighted by atomic mass is 9.99. The summed E-state index contributed by atoms with van der Waals surface area (Å²) in [6.45, 7) is 0.418. The quantitative estimate of drug-likeness (QED) is 0.492. The van der Waals surface area contributed by atoms with E-state index >= 15 is 0 Å². The van der Waals surface area contributed by atoms with E-state index in [1.54, 1.807) is 36.4 Å². The lowest BCUT2D eigenvalue weighted by Gasteiger charge is -2.31. The fourth-order valence-corrected chi connectivity index (χ4v) is 5.67. The molecule has 0 unspecified atom stereocenters. The number of nitrogens with one attached hydrogen (secondary N) is 1. The summed E-state index contributed by atoms with van der Waals surface area (Å²) < 4.78 is 44.4. The molecule has 8 nitrogen and oxygen atoms in total. The van der Waals surface area contributed by atoms with E-state index < -0.39 is 15.9 Å². The van der Waals surface area contributed by atoms with Crippen molar-refractivity contribution in [3.63, 3.8) is 0 Å². The molecule has 0 radical (unpaired) electrons. The molecule has 3 aromatic rings. The molecule has 1 aliphatic rings. The predicted octanol–water partition coefficient (Wildman–Crippen LogP) is 4.54. The van der Waals surface area contributed by atoms with Gasteiger partial charge < -0.3 is 19.5 Å². The third-order valence-corrected chi connectivity index (χ3v) is 7.73. The van der Waals surface area contributed by atoms with Crippen LogP contribution in [-0.4, -0.2) is 45.9 Å². The van der Waals surface area contributed by atoms with Crippen molar-refractivity contribution in [2.24, 2.45) is 5.92 Å². The fourth-order valence-electron chi connectivity index (χ4n) is 3.97. The Hall–Kier alpha value is -3.56. The lowest BCUT2D eigenvalue weighted by molar-refractivity contribution is -0.120. The van der Waals surface area contributed by atoms with E-state index in [2.05, 4.69) is 5.32 Å². The van der Waals surface area contributed by atoms with Gasteiger partial charge in [-0.1, -0.05) is 18.2 Å². The van der Waals surface area contributed by atoms with Crippen molar-refractivity contribution < 1.29 is 27.4 Å².